The Kier molecular flexibility index (Phi) is 5.21. The molecule has 4 rings (SSSR count). The summed E-state index contributed by atoms with van der Waals surface area (Å²) in [6.45, 7) is 1.88. The van der Waals surface area contributed by atoms with Crippen LogP contribution in [0, 0.1) is 5.82 Å². The molecule has 0 radical (unpaired) electrons. The second-order valence-corrected chi connectivity index (χ2v) is 7.12. The molecule has 1 atom stereocenters. The topological polar surface area (TPSA) is 49.6 Å². The molecule has 0 saturated carbocycles. The van der Waals surface area contributed by atoms with Gasteiger partial charge in [-0.1, -0.05) is 36.4 Å². The van der Waals surface area contributed by atoms with Crippen LogP contribution in [-0.4, -0.2) is 40.3 Å². The van der Waals surface area contributed by atoms with Crippen molar-refractivity contribution in [3.05, 3.63) is 77.9 Å². The molecule has 2 aromatic carbocycles. The van der Waals surface area contributed by atoms with Crippen molar-refractivity contribution in [1.29, 1.82) is 0 Å². The van der Waals surface area contributed by atoms with Gasteiger partial charge < -0.3 is 9.32 Å². The van der Waals surface area contributed by atoms with Gasteiger partial charge in [-0.25, -0.2) is 9.37 Å². The van der Waals surface area contributed by atoms with Crippen LogP contribution < -0.4 is 0 Å². The van der Waals surface area contributed by atoms with E-state index in [0.717, 1.165) is 24.2 Å². The molecule has 1 aliphatic heterocycles. The molecule has 1 saturated heterocycles. The Morgan fingerprint density at radius 2 is 2.04 bits per heavy atom. The number of carbonyl (C=O) groups excluding carboxylic acids is 1. The fourth-order valence-electron chi connectivity index (χ4n) is 3.59. The summed E-state index contributed by atoms with van der Waals surface area (Å²) >= 11 is 0. The lowest BCUT2D eigenvalue weighted by atomic mass is 10.2. The summed E-state index contributed by atoms with van der Waals surface area (Å²) in [5, 5.41) is 0. The molecule has 0 spiro atoms. The van der Waals surface area contributed by atoms with E-state index in [1.54, 1.807) is 18.4 Å². The second-order valence-electron chi connectivity index (χ2n) is 7.12. The summed E-state index contributed by atoms with van der Waals surface area (Å²) in [4.78, 5) is 21.2. The number of aromatic nitrogens is 1. The van der Waals surface area contributed by atoms with Crippen molar-refractivity contribution in [1.82, 2.24) is 14.8 Å². The van der Waals surface area contributed by atoms with Crippen molar-refractivity contribution in [2.75, 3.05) is 13.6 Å². The van der Waals surface area contributed by atoms with Crippen molar-refractivity contribution in [2.24, 2.45) is 0 Å². The Morgan fingerprint density at radius 3 is 2.82 bits per heavy atom. The molecule has 1 unspecified atom stereocenters. The van der Waals surface area contributed by atoms with Crippen molar-refractivity contribution >= 4 is 5.91 Å². The molecule has 0 N–H and O–H groups in total. The Balaban J connectivity index is 1.39. The van der Waals surface area contributed by atoms with Gasteiger partial charge >= 0.3 is 0 Å². The summed E-state index contributed by atoms with van der Waals surface area (Å²) in [5.41, 5.74) is 2.45. The number of oxazole rings is 1. The summed E-state index contributed by atoms with van der Waals surface area (Å²) < 4.78 is 18.9. The van der Waals surface area contributed by atoms with Gasteiger partial charge in [0, 0.05) is 25.2 Å². The van der Waals surface area contributed by atoms with Crippen LogP contribution in [0.1, 0.15) is 17.7 Å². The molecular weight excluding hydrogens is 357 g/mol. The third kappa shape index (κ3) is 3.97. The van der Waals surface area contributed by atoms with Gasteiger partial charge in [0.05, 0.1) is 11.7 Å². The van der Waals surface area contributed by atoms with Gasteiger partial charge in [0.25, 0.3) is 0 Å². The van der Waals surface area contributed by atoms with E-state index < -0.39 is 0 Å². The number of benzene rings is 2. The highest BCUT2D eigenvalue weighted by atomic mass is 19.1. The molecule has 6 heteroatoms. The monoisotopic (exact) mass is 379 g/mol. The molecule has 144 valence electrons. The first-order valence-corrected chi connectivity index (χ1v) is 9.33. The maximum Gasteiger partial charge on any atom is 0.240 e. The number of halogens is 1. The molecule has 1 amide bonds. The highest BCUT2D eigenvalue weighted by Crippen LogP contribution is 2.23. The van der Waals surface area contributed by atoms with Crippen LogP contribution in [0.15, 0.2) is 65.3 Å². The Labute approximate surface area is 163 Å². The van der Waals surface area contributed by atoms with Crippen molar-refractivity contribution < 1.29 is 13.6 Å². The lowest BCUT2D eigenvalue weighted by Gasteiger charge is -2.23. The number of hydrogen-bond donors (Lipinski definition) is 0. The number of amides is 1. The van der Waals surface area contributed by atoms with E-state index in [2.05, 4.69) is 4.98 Å². The minimum atomic E-state index is -0.329. The number of likely N-dealkylation sites (tertiary alicyclic amines) is 1. The molecule has 0 aliphatic carbocycles. The fourth-order valence-corrected chi connectivity index (χ4v) is 3.59. The first-order valence-electron chi connectivity index (χ1n) is 9.33. The molecule has 1 fully saturated rings. The summed E-state index contributed by atoms with van der Waals surface area (Å²) in [6.07, 6.45) is 2.36. The van der Waals surface area contributed by atoms with Gasteiger partial charge in [-0.2, -0.15) is 0 Å². The first kappa shape index (κ1) is 18.4. The molecule has 0 bridgehead atoms. The minimum absolute atomic E-state index is 0.139. The first-order chi connectivity index (χ1) is 13.6. The quantitative estimate of drug-likeness (QED) is 0.655. The number of likely N-dealkylation sites (N-methyl/N-ethyl adjacent to an activating group) is 1. The van der Waals surface area contributed by atoms with Gasteiger partial charge in [0.15, 0.2) is 0 Å². The molecule has 5 nitrogen and oxygen atoms in total. The highest BCUT2D eigenvalue weighted by Gasteiger charge is 2.34. The molecule has 1 aromatic heterocycles. The maximum atomic E-state index is 13.4. The van der Waals surface area contributed by atoms with Crippen molar-refractivity contribution in [3.8, 4) is 11.5 Å². The zero-order valence-electron chi connectivity index (χ0n) is 15.7. The van der Waals surface area contributed by atoms with E-state index in [0.29, 0.717) is 24.5 Å². The zero-order valence-corrected chi connectivity index (χ0v) is 15.7. The van der Waals surface area contributed by atoms with E-state index in [9.17, 15) is 9.18 Å². The fraction of sp³-hybridized carbons (Fsp3) is 0.273. The largest absolute Gasteiger partial charge is 0.444 e. The van der Waals surface area contributed by atoms with E-state index in [1.807, 2.05) is 47.2 Å². The van der Waals surface area contributed by atoms with Gasteiger partial charge in [0.1, 0.15) is 12.1 Å². The van der Waals surface area contributed by atoms with Gasteiger partial charge in [-0.05, 0) is 37.2 Å². The predicted octanol–water partition coefficient (Wildman–Crippen LogP) is 3.71. The summed E-state index contributed by atoms with van der Waals surface area (Å²) in [7, 11) is 1.92. The standard InChI is InChI=1S/C22H22FN3O2/c1-25(14-19-15-28-21(24-19)17-8-5-9-18(23)12-17)20-10-11-26(22(20)27)13-16-6-3-2-4-7-16/h2-9,12,15,20H,10-11,13-14H2,1H3. The van der Waals surface area contributed by atoms with Crippen LogP contribution >= 0.6 is 0 Å². The van der Waals surface area contributed by atoms with E-state index in [1.165, 1.54) is 12.1 Å². The Morgan fingerprint density at radius 1 is 1.21 bits per heavy atom. The normalized spacial score (nSPS) is 16.9. The van der Waals surface area contributed by atoms with Gasteiger partial charge in [0.2, 0.25) is 11.8 Å². The average molecular weight is 379 g/mol. The van der Waals surface area contributed by atoms with Crippen LogP contribution in [-0.2, 0) is 17.9 Å². The molecule has 28 heavy (non-hydrogen) atoms. The van der Waals surface area contributed by atoms with Crippen molar-refractivity contribution in [2.45, 2.75) is 25.6 Å². The lowest BCUT2D eigenvalue weighted by molar-refractivity contribution is -0.132. The third-order valence-electron chi connectivity index (χ3n) is 5.05. The lowest BCUT2D eigenvalue weighted by Crippen LogP contribution is -2.39. The Bertz CT molecular complexity index is 957. The van der Waals surface area contributed by atoms with Crippen LogP contribution in [0.4, 0.5) is 4.39 Å². The minimum Gasteiger partial charge on any atom is -0.444 e. The van der Waals surface area contributed by atoms with E-state index in [-0.39, 0.29) is 17.8 Å². The molecular formula is C22H22FN3O2. The predicted molar refractivity (Wildman–Crippen MR) is 104 cm³/mol. The van der Waals surface area contributed by atoms with Gasteiger partial charge in [-0.15, -0.1) is 0 Å². The third-order valence-corrected chi connectivity index (χ3v) is 5.05. The van der Waals surface area contributed by atoms with E-state index >= 15 is 0 Å². The second kappa shape index (κ2) is 7.94. The number of carbonyl (C=O) groups is 1. The van der Waals surface area contributed by atoms with Crippen LogP contribution in [0.2, 0.25) is 0 Å². The van der Waals surface area contributed by atoms with Crippen molar-refractivity contribution in [3.63, 3.8) is 0 Å². The van der Waals surface area contributed by atoms with Gasteiger partial charge in [-0.3, -0.25) is 9.69 Å². The average Bonchev–Trinajstić information content (AvgIpc) is 3.30. The number of hydrogen-bond acceptors (Lipinski definition) is 4. The molecule has 2 heterocycles. The highest BCUT2D eigenvalue weighted by molar-refractivity contribution is 5.83. The molecule has 3 aromatic rings. The van der Waals surface area contributed by atoms with Crippen LogP contribution in [0.3, 0.4) is 0 Å². The van der Waals surface area contributed by atoms with Crippen LogP contribution in [0.5, 0.6) is 0 Å². The smallest absolute Gasteiger partial charge is 0.240 e. The Hall–Kier alpha value is -2.99. The van der Waals surface area contributed by atoms with E-state index in [4.69, 9.17) is 4.42 Å². The number of rotatable bonds is 6. The maximum absolute atomic E-state index is 13.4. The summed E-state index contributed by atoms with van der Waals surface area (Å²) in [6, 6.07) is 16.0. The SMILES string of the molecule is CN(Cc1coc(-c2cccc(F)c2)n1)C1CCN(Cc2ccccc2)C1=O. The van der Waals surface area contributed by atoms with Crippen LogP contribution in [0.25, 0.3) is 11.5 Å². The zero-order chi connectivity index (χ0) is 19.5. The number of nitrogens with zero attached hydrogens (tertiary/aromatic N) is 3. The summed E-state index contributed by atoms with van der Waals surface area (Å²) in [5.74, 6) is 0.191. The molecule has 1 aliphatic rings.